The lowest BCUT2D eigenvalue weighted by Gasteiger charge is -2.33. The first-order valence-electron chi connectivity index (χ1n) is 10.4. The molecule has 1 fully saturated rings. The molecule has 2 aromatic carbocycles. The van der Waals surface area contributed by atoms with E-state index in [4.69, 9.17) is 0 Å². The molecule has 2 aliphatic heterocycles. The van der Waals surface area contributed by atoms with E-state index in [0.29, 0.717) is 22.9 Å². The van der Waals surface area contributed by atoms with Crippen LogP contribution in [0.3, 0.4) is 0 Å². The lowest BCUT2D eigenvalue weighted by Crippen LogP contribution is -2.38. The van der Waals surface area contributed by atoms with Crippen molar-refractivity contribution in [2.45, 2.75) is 40.5 Å². The largest absolute Gasteiger partial charge is 0.366 e. The van der Waals surface area contributed by atoms with Gasteiger partial charge in [-0.3, -0.25) is 9.59 Å². The van der Waals surface area contributed by atoms with Crippen molar-refractivity contribution < 1.29 is 9.59 Å². The van der Waals surface area contributed by atoms with Gasteiger partial charge < -0.3 is 4.90 Å². The van der Waals surface area contributed by atoms with E-state index in [-0.39, 0.29) is 11.8 Å². The van der Waals surface area contributed by atoms with Crippen LogP contribution in [0, 0.1) is 26.7 Å². The number of amides is 2. The molecule has 0 saturated carbocycles. The lowest BCUT2D eigenvalue weighted by molar-refractivity contribution is -0.120. The number of anilines is 1. The maximum atomic E-state index is 13.6. The van der Waals surface area contributed by atoms with E-state index in [9.17, 15) is 9.59 Å². The molecule has 0 aromatic heterocycles. The predicted molar refractivity (Wildman–Crippen MR) is 116 cm³/mol. The molecule has 0 spiro atoms. The van der Waals surface area contributed by atoms with Crippen molar-refractivity contribution in [2.24, 2.45) is 5.92 Å². The van der Waals surface area contributed by atoms with Crippen LogP contribution in [0.4, 0.5) is 5.69 Å². The number of likely N-dealkylation sites (tertiary alicyclic amines) is 1. The van der Waals surface area contributed by atoms with Crippen molar-refractivity contribution in [3.63, 3.8) is 0 Å². The molecule has 1 saturated heterocycles. The number of nitrogens with zero attached hydrogens (tertiary/aromatic N) is 2. The highest BCUT2D eigenvalue weighted by Gasteiger charge is 2.43. The molecule has 0 bridgehead atoms. The van der Waals surface area contributed by atoms with Gasteiger partial charge in [0.1, 0.15) is 5.70 Å². The Morgan fingerprint density at radius 1 is 0.862 bits per heavy atom. The van der Waals surface area contributed by atoms with Gasteiger partial charge in [-0.2, -0.15) is 0 Å². The van der Waals surface area contributed by atoms with Crippen molar-refractivity contribution in [3.05, 3.63) is 70.4 Å². The zero-order chi connectivity index (χ0) is 20.7. The maximum Gasteiger partial charge on any atom is 0.282 e. The molecule has 150 valence electrons. The van der Waals surface area contributed by atoms with E-state index in [0.717, 1.165) is 48.2 Å². The highest BCUT2D eigenvalue weighted by molar-refractivity contribution is 6.45. The monoisotopic (exact) mass is 388 g/mol. The molecule has 4 heteroatoms. The zero-order valence-corrected chi connectivity index (χ0v) is 17.7. The van der Waals surface area contributed by atoms with E-state index < -0.39 is 0 Å². The minimum Gasteiger partial charge on any atom is -0.366 e. The van der Waals surface area contributed by atoms with Crippen LogP contribution in [-0.2, 0) is 9.59 Å². The molecule has 4 nitrogen and oxygen atoms in total. The van der Waals surface area contributed by atoms with Gasteiger partial charge in [-0.05, 0) is 62.3 Å². The van der Waals surface area contributed by atoms with E-state index in [1.165, 1.54) is 4.90 Å². The third kappa shape index (κ3) is 3.37. The summed E-state index contributed by atoms with van der Waals surface area (Å²) in [5.41, 5.74) is 5.73. The van der Waals surface area contributed by atoms with Crippen molar-refractivity contribution in [2.75, 3.05) is 18.0 Å². The Morgan fingerprint density at radius 3 is 2.21 bits per heavy atom. The normalized spacial score (nSPS) is 18.2. The van der Waals surface area contributed by atoms with E-state index >= 15 is 0 Å². The summed E-state index contributed by atoms with van der Waals surface area (Å²) in [4.78, 5) is 30.8. The molecule has 0 unspecified atom stereocenters. The van der Waals surface area contributed by atoms with Gasteiger partial charge >= 0.3 is 0 Å². The molecule has 29 heavy (non-hydrogen) atoms. The smallest absolute Gasteiger partial charge is 0.282 e. The highest BCUT2D eigenvalue weighted by Crippen LogP contribution is 2.38. The molecule has 2 heterocycles. The fraction of sp³-hybridized carbons (Fsp3) is 0.360. The number of benzene rings is 2. The minimum absolute atomic E-state index is 0.200. The first-order chi connectivity index (χ1) is 13.9. The van der Waals surface area contributed by atoms with E-state index in [2.05, 4.69) is 17.9 Å². The molecule has 4 rings (SSSR count). The number of para-hydroxylation sites is 1. The second-order valence-electron chi connectivity index (χ2n) is 8.44. The number of rotatable bonds is 3. The lowest BCUT2D eigenvalue weighted by atomic mass is 9.95. The fourth-order valence-corrected chi connectivity index (χ4v) is 4.41. The molecule has 2 aliphatic rings. The first kappa shape index (κ1) is 19.4. The van der Waals surface area contributed by atoms with Crippen molar-refractivity contribution >= 4 is 23.1 Å². The van der Waals surface area contributed by atoms with Gasteiger partial charge in [0, 0.05) is 13.1 Å². The molecule has 0 N–H and O–H groups in total. The molecule has 0 aliphatic carbocycles. The van der Waals surface area contributed by atoms with Crippen LogP contribution in [0.1, 0.15) is 42.0 Å². The van der Waals surface area contributed by atoms with Gasteiger partial charge in [-0.15, -0.1) is 0 Å². The van der Waals surface area contributed by atoms with Crippen LogP contribution in [0.25, 0.3) is 5.57 Å². The molecule has 2 amide bonds. The second kappa shape index (κ2) is 7.51. The van der Waals surface area contributed by atoms with Crippen molar-refractivity contribution in [1.82, 2.24) is 4.90 Å². The quantitative estimate of drug-likeness (QED) is 0.720. The Hall–Kier alpha value is -2.88. The predicted octanol–water partition coefficient (Wildman–Crippen LogP) is 4.63. The Kier molecular flexibility index (Phi) is 5.03. The summed E-state index contributed by atoms with van der Waals surface area (Å²) >= 11 is 0. The molecular weight excluding hydrogens is 360 g/mol. The summed E-state index contributed by atoms with van der Waals surface area (Å²) in [6.07, 6.45) is 2.07. The SMILES string of the molecule is Cc1ccc(C2=C(N3CCC(C)CC3)C(=O)N(c3ccccc3C)C2=O)c(C)c1. The standard InChI is InChI=1S/C25H28N2O2/c1-16-11-13-26(14-12-16)23-22(20-10-9-17(2)15-19(20)4)24(28)27(25(23)29)21-8-6-5-7-18(21)3/h5-10,15-16H,11-14H2,1-4H3. The van der Waals surface area contributed by atoms with Gasteiger partial charge in [-0.1, -0.05) is 48.9 Å². The van der Waals surface area contributed by atoms with Crippen molar-refractivity contribution in [1.29, 1.82) is 0 Å². The topological polar surface area (TPSA) is 40.6 Å². The Morgan fingerprint density at radius 2 is 1.55 bits per heavy atom. The Labute approximate surface area is 172 Å². The summed E-state index contributed by atoms with van der Waals surface area (Å²) in [6, 6.07) is 13.7. The average Bonchev–Trinajstić information content (AvgIpc) is 2.94. The van der Waals surface area contributed by atoms with Crippen LogP contribution in [0.15, 0.2) is 48.2 Å². The summed E-state index contributed by atoms with van der Waals surface area (Å²) in [7, 11) is 0. The van der Waals surface area contributed by atoms with Crippen LogP contribution in [-0.4, -0.2) is 29.8 Å². The van der Waals surface area contributed by atoms with Gasteiger partial charge in [0.05, 0.1) is 11.3 Å². The Balaban J connectivity index is 1.86. The molecular formula is C25H28N2O2. The van der Waals surface area contributed by atoms with Crippen LogP contribution < -0.4 is 4.90 Å². The number of imide groups is 1. The van der Waals surface area contributed by atoms with Crippen LogP contribution >= 0.6 is 0 Å². The second-order valence-corrected chi connectivity index (χ2v) is 8.44. The van der Waals surface area contributed by atoms with Crippen LogP contribution in [0.5, 0.6) is 0 Å². The Bertz CT molecular complexity index is 1010. The summed E-state index contributed by atoms with van der Waals surface area (Å²) in [6.45, 7) is 9.86. The zero-order valence-electron chi connectivity index (χ0n) is 17.7. The fourth-order valence-electron chi connectivity index (χ4n) is 4.41. The van der Waals surface area contributed by atoms with E-state index in [1.807, 2.05) is 57.2 Å². The van der Waals surface area contributed by atoms with Gasteiger partial charge in [0.2, 0.25) is 0 Å². The van der Waals surface area contributed by atoms with E-state index in [1.54, 1.807) is 0 Å². The highest BCUT2D eigenvalue weighted by atomic mass is 16.2. The summed E-state index contributed by atoms with van der Waals surface area (Å²) < 4.78 is 0. The summed E-state index contributed by atoms with van der Waals surface area (Å²) in [5.74, 6) is 0.231. The number of hydrogen-bond acceptors (Lipinski definition) is 3. The average molecular weight is 389 g/mol. The number of hydrogen-bond donors (Lipinski definition) is 0. The van der Waals surface area contributed by atoms with Crippen LogP contribution in [0.2, 0.25) is 0 Å². The third-order valence-electron chi connectivity index (χ3n) is 6.17. The molecule has 2 aromatic rings. The maximum absolute atomic E-state index is 13.6. The number of aryl methyl sites for hydroxylation is 3. The first-order valence-corrected chi connectivity index (χ1v) is 10.4. The number of carbonyl (C=O) groups excluding carboxylic acids is 2. The number of piperidine rings is 1. The minimum atomic E-state index is -0.218. The van der Waals surface area contributed by atoms with Gasteiger partial charge in [0.15, 0.2) is 0 Å². The number of carbonyl (C=O) groups is 2. The third-order valence-corrected chi connectivity index (χ3v) is 6.17. The van der Waals surface area contributed by atoms with Gasteiger partial charge in [-0.25, -0.2) is 4.90 Å². The summed E-state index contributed by atoms with van der Waals surface area (Å²) in [5, 5.41) is 0. The molecule has 0 atom stereocenters. The van der Waals surface area contributed by atoms with Crippen molar-refractivity contribution in [3.8, 4) is 0 Å². The molecule has 0 radical (unpaired) electrons. The van der Waals surface area contributed by atoms with Gasteiger partial charge in [0.25, 0.3) is 11.8 Å².